The van der Waals surface area contributed by atoms with Crippen LogP contribution in [0.1, 0.15) is 41.6 Å². The minimum atomic E-state index is -0.219. The van der Waals surface area contributed by atoms with E-state index in [1.54, 1.807) is 18.5 Å². The molecule has 1 N–H and O–H groups in total. The Morgan fingerprint density at radius 3 is 2.82 bits per heavy atom. The highest BCUT2D eigenvalue weighted by Gasteiger charge is 2.42. The Kier molecular flexibility index (Phi) is 4.98. The zero-order valence-corrected chi connectivity index (χ0v) is 15.8. The van der Waals surface area contributed by atoms with Gasteiger partial charge >= 0.3 is 0 Å². The molecule has 0 bridgehead atoms. The molecule has 1 spiro atoms. The highest BCUT2D eigenvalue weighted by Crippen LogP contribution is 2.39. The largest absolute Gasteiger partial charge is 0.338 e. The Morgan fingerprint density at radius 1 is 1.18 bits per heavy atom. The lowest BCUT2D eigenvalue weighted by molar-refractivity contribution is -0.139. The van der Waals surface area contributed by atoms with Crippen LogP contribution in [-0.2, 0) is 11.3 Å². The molecule has 28 heavy (non-hydrogen) atoms. The van der Waals surface area contributed by atoms with Crippen molar-refractivity contribution < 1.29 is 9.59 Å². The van der Waals surface area contributed by atoms with Gasteiger partial charge in [0.25, 0.3) is 5.91 Å². The van der Waals surface area contributed by atoms with Crippen LogP contribution in [0.4, 0.5) is 0 Å². The number of hydrogen-bond donors (Lipinski definition) is 1. The summed E-state index contributed by atoms with van der Waals surface area (Å²) in [4.78, 5) is 47.1. The third kappa shape index (κ3) is 3.83. The molecule has 0 aliphatic carbocycles. The van der Waals surface area contributed by atoms with Gasteiger partial charge in [-0.1, -0.05) is 6.07 Å². The molecule has 2 fully saturated rings. The van der Waals surface area contributed by atoms with Crippen LogP contribution < -0.4 is 5.56 Å². The molecule has 4 heterocycles. The zero-order chi connectivity index (χ0) is 19.6. The standard InChI is InChI=1S/C21H24N4O3/c26-18-5-4-17(12-23-18)20(28)24-10-2-7-21(14-24)8-6-19(27)25(15-21)13-16-3-1-9-22-11-16/h1,3-5,9,11-12H,2,6-8,10,13-15H2,(H,23,26)/t21-/m0/s1. The van der Waals surface area contributed by atoms with E-state index in [-0.39, 0.29) is 22.8 Å². The third-order valence-corrected chi connectivity index (χ3v) is 5.82. The van der Waals surface area contributed by atoms with Gasteiger partial charge in [-0.2, -0.15) is 0 Å². The first-order chi connectivity index (χ1) is 13.5. The van der Waals surface area contributed by atoms with Gasteiger partial charge in [-0.05, 0) is 37.0 Å². The lowest BCUT2D eigenvalue weighted by atomic mass is 9.73. The summed E-state index contributed by atoms with van der Waals surface area (Å²) in [5, 5.41) is 0. The number of piperidine rings is 2. The first-order valence-electron chi connectivity index (χ1n) is 9.69. The predicted octanol–water partition coefficient (Wildman–Crippen LogP) is 1.81. The molecule has 0 aromatic carbocycles. The number of H-pyrrole nitrogens is 1. The van der Waals surface area contributed by atoms with Crippen molar-refractivity contribution in [1.82, 2.24) is 19.8 Å². The Bertz CT molecular complexity index is 906. The van der Waals surface area contributed by atoms with Crippen molar-refractivity contribution in [1.29, 1.82) is 0 Å². The molecule has 2 saturated heterocycles. The zero-order valence-electron chi connectivity index (χ0n) is 15.8. The van der Waals surface area contributed by atoms with Crippen molar-refractivity contribution >= 4 is 11.8 Å². The van der Waals surface area contributed by atoms with Gasteiger partial charge in [0.2, 0.25) is 11.5 Å². The highest BCUT2D eigenvalue weighted by atomic mass is 16.2. The number of amides is 2. The van der Waals surface area contributed by atoms with Gasteiger partial charge in [-0.25, -0.2) is 0 Å². The average Bonchev–Trinajstić information content (AvgIpc) is 2.72. The topological polar surface area (TPSA) is 86.4 Å². The highest BCUT2D eigenvalue weighted by molar-refractivity contribution is 5.94. The van der Waals surface area contributed by atoms with Crippen LogP contribution >= 0.6 is 0 Å². The molecule has 7 nitrogen and oxygen atoms in total. The van der Waals surface area contributed by atoms with Crippen LogP contribution in [0.15, 0.2) is 47.7 Å². The number of aromatic amines is 1. The van der Waals surface area contributed by atoms with E-state index in [0.717, 1.165) is 24.8 Å². The Balaban J connectivity index is 1.49. The van der Waals surface area contributed by atoms with E-state index in [2.05, 4.69) is 9.97 Å². The molecular formula is C21H24N4O3. The van der Waals surface area contributed by atoms with Crippen LogP contribution in [0, 0.1) is 5.41 Å². The van der Waals surface area contributed by atoms with Crippen molar-refractivity contribution in [3.8, 4) is 0 Å². The summed E-state index contributed by atoms with van der Waals surface area (Å²) in [7, 11) is 0. The fourth-order valence-corrected chi connectivity index (χ4v) is 4.40. The van der Waals surface area contributed by atoms with E-state index in [4.69, 9.17) is 0 Å². The molecule has 2 aromatic rings. The summed E-state index contributed by atoms with van der Waals surface area (Å²) in [6, 6.07) is 6.81. The number of rotatable bonds is 3. The third-order valence-electron chi connectivity index (χ3n) is 5.82. The lowest BCUT2D eigenvalue weighted by Gasteiger charge is -2.48. The number of likely N-dealkylation sites (tertiary alicyclic amines) is 2. The van der Waals surface area contributed by atoms with E-state index in [1.807, 2.05) is 21.9 Å². The van der Waals surface area contributed by atoms with Crippen LogP contribution in [-0.4, -0.2) is 51.2 Å². The Morgan fingerprint density at radius 2 is 2.07 bits per heavy atom. The van der Waals surface area contributed by atoms with Crippen molar-refractivity contribution in [2.24, 2.45) is 5.41 Å². The summed E-state index contributed by atoms with van der Waals surface area (Å²) in [6.07, 6.45) is 8.26. The molecule has 0 unspecified atom stereocenters. The van der Waals surface area contributed by atoms with Gasteiger partial charge in [0.15, 0.2) is 0 Å². The van der Waals surface area contributed by atoms with Gasteiger partial charge in [0.1, 0.15) is 0 Å². The van der Waals surface area contributed by atoms with E-state index in [9.17, 15) is 14.4 Å². The lowest BCUT2D eigenvalue weighted by Crippen LogP contribution is -2.54. The van der Waals surface area contributed by atoms with Gasteiger partial charge in [-0.15, -0.1) is 0 Å². The maximum atomic E-state index is 12.9. The smallest absolute Gasteiger partial charge is 0.255 e. The molecule has 1 atom stereocenters. The van der Waals surface area contributed by atoms with Gasteiger partial charge in [-0.3, -0.25) is 19.4 Å². The molecule has 2 aliphatic heterocycles. The van der Waals surface area contributed by atoms with Crippen molar-refractivity contribution in [2.75, 3.05) is 19.6 Å². The summed E-state index contributed by atoms with van der Waals surface area (Å²) < 4.78 is 0. The molecular weight excluding hydrogens is 356 g/mol. The monoisotopic (exact) mass is 380 g/mol. The fraction of sp³-hybridized carbons (Fsp3) is 0.429. The fourth-order valence-electron chi connectivity index (χ4n) is 4.40. The first kappa shape index (κ1) is 18.4. The van der Waals surface area contributed by atoms with Gasteiger partial charge in [0.05, 0.1) is 5.56 Å². The summed E-state index contributed by atoms with van der Waals surface area (Å²) in [5.41, 5.74) is 1.23. The number of aromatic nitrogens is 2. The average molecular weight is 380 g/mol. The first-order valence-corrected chi connectivity index (χ1v) is 9.69. The molecule has 2 aliphatic rings. The summed E-state index contributed by atoms with van der Waals surface area (Å²) in [5.74, 6) is 0.101. The van der Waals surface area contributed by atoms with Crippen LogP contribution in [0.5, 0.6) is 0 Å². The maximum Gasteiger partial charge on any atom is 0.255 e. The minimum Gasteiger partial charge on any atom is -0.338 e. The minimum absolute atomic E-state index is 0.0633. The molecule has 4 rings (SSSR count). The number of nitrogens with zero attached hydrogens (tertiary/aromatic N) is 3. The van der Waals surface area contributed by atoms with Gasteiger partial charge < -0.3 is 14.8 Å². The Labute approximate surface area is 163 Å². The quantitative estimate of drug-likeness (QED) is 0.880. The summed E-state index contributed by atoms with van der Waals surface area (Å²) in [6.45, 7) is 2.57. The van der Waals surface area contributed by atoms with Crippen molar-refractivity contribution in [2.45, 2.75) is 32.2 Å². The maximum absolute atomic E-state index is 12.9. The normalized spacial score (nSPS) is 22.5. The summed E-state index contributed by atoms with van der Waals surface area (Å²) >= 11 is 0. The predicted molar refractivity (Wildman–Crippen MR) is 104 cm³/mol. The molecule has 7 heteroatoms. The number of nitrogens with one attached hydrogen (secondary N) is 1. The number of carbonyl (C=O) groups excluding carboxylic acids is 2. The number of carbonyl (C=O) groups is 2. The van der Waals surface area contributed by atoms with Crippen LogP contribution in [0.3, 0.4) is 0 Å². The Hall–Kier alpha value is -2.96. The second-order valence-electron chi connectivity index (χ2n) is 7.88. The van der Waals surface area contributed by atoms with Crippen LogP contribution in [0.2, 0.25) is 0 Å². The van der Waals surface area contributed by atoms with E-state index in [1.165, 1.54) is 12.3 Å². The molecule has 2 amide bonds. The van der Waals surface area contributed by atoms with E-state index in [0.29, 0.717) is 38.2 Å². The van der Waals surface area contributed by atoms with E-state index < -0.39 is 0 Å². The number of hydrogen-bond acceptors (Lipinski definition) is 4. The van der Waals surface area contributed by atoms with Gasteiger partial charge in [0, 0.05) is 62.7 Å². The second-order valence-corrected chi connectivity index (χ2v) is 7.88. The molecule has 0 saturated carbocycles. The van der Waals surface area contributed by atoms with Crippen LogP contribution in [0.25, 0.3) is 0 Å². The van der Waals surface area contributed by atoms with Crippen molar-refractivity contribution in [3.05, 3.63) is 64.3 Å². The molecule has 2 aromatic heterocycles. The second kappa shape index (κ2) is 7.58. The SMILES string of the molecule is O=C1CC[C@]2(CCCN(C(=O)c3ccc(=O)[nH]c3)C2)CN1Cc1cccnc1. The van der Waals surface area contributed by atoms with Crippen molar-refractivity contribution in [3.63, 3.8) is 0 Å². The van der Waals surface area contributed by atoms with E-state index >= 15 is 0 Å². The number of pyridine rings is 2. The molecule has 146 valence electrons. The molecule has 0 radical (unpaired) electrons.